The molecule has 0 aromatic carbocycles. The zero-order valence-electron chi connectivity index (χ0n) is 16.0. The molecule has 0 atom stereocenters. The van der Waals surface area contributed by atoms with Gasteiger partial charge >= 0.3 is 0 Å². The summed E-state index contributed by atoms with van der Waals surface area (Å²) in [5.74, 6) is 1.24. The van der Waals surface area contributed by atoms with Crippen molar-refractivity contribution in [3.05, 3.63) is 22.4 Å². The minimum atomic E-state index is -3.24. The van der Waals surface area contributed by atoms with Crippen molar-refractivity contribution in [2.24, 2.45) is 10.9 Å². The molecule has 0 unspecified atom stereocenters. The second-order valence-corrected chi connectivity index (χ2v) is 10.3. The van der Waals surface area contributed by atoms with E-state index in [2.05, 4.69) is 51.7 Å². The summed E-state index contributed by atoms with van der Waals surface area (Å²) >= 11 is 1.73. The Balaban J connectivity index is 1.81. The first-order valence-electron chi connectivity index (χ1n) is 9.36. The van der Waals surface area contributed by atoms with Gasteiger partial charge < -0.3 is 10.6 Å². The molecule has 3 N–H and O–H groups in total. The number of nitrogens with one attached hydrogen (secondary N) is 3. The summed E-state index contributed by atoms with van der Waals surface area (Å²) in [5, 5.41) is 8.39. The van der Waals surface area contributed by atoms with Gasteiger partial charge in [-0.15, -0.1) is 11.3 Å². The summed E-state index contributed by atoms with van der Waals surface area (Å²) < 4.78 is 26.9. The normalized spacial score (nSPS) is 16.3. The van der Waals surface area contributed by atoms with E-state index in [1.165, 1.54) is 11.3 Å². The summed E-state index contributed by atoms with van der Waals surface area (Å²) in [6, 6.07) is 4.18. The van der Waals surface area contributed by atoms with Crippen LogP contribution in [0, 0.1) is 5.92 Å². The summed E-state index contributed by atoms with van der Waals surface area (Å²) in [7, 11) is -3.24. The van der Waals surface area contributed by atoms with Crippen LogP contribution in [0.1, 0.15) is 44.9 Å². The Bertz CT molecular complexity index is 665. The highest BCUT2D eigenvalue weighted by atomic mass is 32.2. The van der Waals surface area contributed by atoms with E-state index >= 15 is 0 Å². The third-order valence-corrected chi connectivity index (χ3v) is 7.23. The first kappa shape index (κ1) is 21.2. The molecule has 0 spiro atoms. The highest BCUT2D eigenvalue weighted by Crippen LogP contribution is 2.27. The molecule has 8 heteroatoms. The molecule has 1 aromatic heterocycles. The molecule has 1 aromatic rings. The fraction of sp³-hybridized carbons (Fsp3) is 0.722. The van der Waals surface area contributed by atoms with Crippen LogP contribution < -0.4 is 15.4 Å². The Morgan fingerprint density at radius 1 is 1.35 bits per heavy atom. The number of hydrogen-bond acceptors (Lipinski definition) is 4. The molecule has 1 aliphatic carbocycles. The van der Waals surface area contributed by atoms with E-state index in [0.717, 1.165) is 19.4 Å². The molecule has 1 fully saturated rings. The first-order chi connectivity index (χ1) is 12.3. The Hall–Kier alpha value is -1.12. The highest BCUT2D eigenvalue weighted by Gasteiger charge is 2.22. The van der Waals surface area contributed by atoms with Gasteiger partial charge in [-0.25, -0.2) is 13.1 Å². The molecule has 0 bridgehead atoms. The third kappa shape index (κ3) is 6.89. The fourth-order valence-corrected chi connectivity index (χ4v) is 4.53. The maximum absolute atomic E-state index is 12.1. The van der Waals surface area contributed by atoms with Gasteiger partial charge in [-0.2, -0.15) is 0 Å². The van der Waals surface area contributed by atoms with Gasteiger partial charge in [0.2, 0.25) is 10.0 Å². The predicted molar refractivity (Wildman–Crippen MR) is 110 cm³/mol. The molecule has 0 saturated heterocycles. The van der Waals surface area contributed by atoms with E-state index in [1.54, 1.807) is 11.3 Å². The van der Waals surface area contributed by atoms with Crippen LogP contribution in [0.15, 0.2) is 22.5 Å². The molecular weight excluding hydrogens is 368 g/mol. The Morgan fingerprint density at radius 2 is 2.12 bits per heavy atom. The minimum Gasteiger partial charge on any atom is -0.357 e. The molecule has 6 nitrogen and oxygen atoms in total. The van der Waals surface area contributed by atoms with Crippen molar-refractivity contribution in [1.82, 2.24) is 15.4 Å². The van der Waals surface area contributed by atoms with Crippen LogP contribution in [-0.4, -0.2) is 46.3 Å². The standard InChI is InChI=1S/C18H32N4O2S2/c1-4-19-17(21-14-18(2,3)16-9-6-11-25-16)20-10-12-26(23,24)22-13-15-7-5-8-15/h6,9,11,15,22H,4-5,7-8,10,12-14H2,1-3H3,(H2,19,20,21). The van der Waals surface area contributed by atoms with Gasteiger partial charge in [0.05, 0.1) is 12.3 Å². The lowest BCUT2D eigenvalue weighted by molar-refractivity contribution is 0.316. The smallest absolute Gasteiger partial charge is 0.213 e. The minimum absolute atomic E-state index is 0.0487. The van der Waals surface area contributed by atoms with Crippen molar-refractivity contribution in [3.63, 3.8) is 0 Å². The van der Waals surface area contributed by atoms with Gasteiger partial charge in [0.1, 0.15) is 0 Å². The van der Waals surface area contributed by atoms with Crippen LogP contribution in [0.25, 0.3) is 0 Å². The number of hydrogen-bond donors (Lipinski definition) is 3. The number of guanidine groups is 1. The largest absolute Gasteiger partial charge is 0.357 e. The van der Waals surface area contributed by atoms with Crippen molar-refractivity contribution in [2.75, 3.05) is 31.9 Å². The van der Waals surface area contributed by atoms with Crippen molar-refractivity contribution < 1.29 is 8.42 Å². The van der Waals surface area contributed by atoms with Crippen molar-refractivity contribution >= 4 is 27.3 Å². The van der Waals surface area contributed by atoms with Gasteiger partial charge in [0.25, 0.3) is 0 Å². The molecule has 2 rings (SSSR count). The summed E-state index contributed by atoms with van der Waals surface area (Å²) in [6.45, 7) is 8.62. The molecule has 26 heavy (non-hydrogen) atoms. The lowest BCUT2D eigenvalue weighted by atomic mass is 9.86. The molecule has 0 aliphatic heterocycles. The van der Waals surface area contributed by atoms with Gasteiger partial charge in [-0.3, -0.25) is 4.99 Å². The molecule has 148 valence electrons. The maximum atomic E-state index is 12.1. The summed E-state index contributed by atoms with van der Waals surface area (Å²) in [5.41, 5.74) is -0.0487. The number of thiophene rings is 1. The second kappa shape index (κ2) is 9.71. The predicted octanol–water partition coefficient (Wildman–Crippen LogP) is 2.30. The number of rotatable bonds is 10. The molecule has 1 heterocycles. The van der Waals surface area contributed by atoms with Crippen molar-refractivity contribution in [1.29, 1.82) is 0 Å². The van der Waals surface area contributed by atoms with E-state index < -0.39 is 10.0 Å². The second-order valence-electron chi connectivity index (χ2n) is 7.45. The number of aliphatic imine (C=N–C) groups is 1. The zero-order valence-corrected chi connectivity index (χ0v) is 17.7. The summed E-state index contributed by atoms with van der Waals surface area (Å²) in [4.78, 5) is 5.93. The molecular formula is C18H32N4O2S2. The van der Waals surface area contributed by atoms with Gasteiger partial charge in [0, 0.05) is 29.9 Å². The van der Waals surface area contributed by atoms with Crippen LogP contribution in [0.2, 0.25) is 0 Å². The van der Waals surface area contributed by atoms with E-state index in [4.69, 9.17) is 0 Å². The third-order valence-electron chi connectivity index (χ3n) is 4.64. The Labute approximate surface area is 161 Å². The zero-order chi connectivity index (χ0) is 19.0. The van der Waals surface area contributed by atoms with Crippen LogP contribution in [0.5, 0.6) is 0 Å². The lowest BCUT2D eigenvalue weighted by Gasteiger charge is -2.25. The van der Waals surface area contributed by atoms with E-state index in [-0.39, 0.29) is 11.2 Å². The highest BCUT2D eigenvalue weighted by molar-refractivity contribution is 7.89. The molecule has 0 amide bonds. The van der Waals surface area contributed by atoms with Gasteiger partial charge in [0.15, 0.2) is 5.96 Å². The van der Waals surface area contributed by atoms with E-state index in [0.29, 0.717) is 31.5 Å². The SMILES string of the molecule is CCNC(=NCC(C)(C)c1cccs1)NCCS(=O)(=O)NCC1CCC1. The maximum Gasteiger partial charge on any atom is 0.213 e. The summed E-state index contributed by atoms with van der Waals surface area (Å²) in [6.07, 6.45) is 3.49. The molecule has 1 aliphatic rings. The molecule has 1 saturated carbocycles. The Morgan fingerprint density at radius 3 is 2.69 bits per heavy atom. The fourth-order valence-electron chi connectivity index (χ4n) is 2.68. The van der Waals surface area contributed by atoms with Crippen molar-refractivity contribution in [2.45, 2.75) is 45.4 Å². The monoisotopic (exact) mass is 400 g/mol. The quantitative estimate of drug-likeness (QED) is 0.416. The van der Waals surface area contributed by atoms with E-state index in [1.807, 2.05) is 6.92 Å². The van der Waals surface area contributed by atoms with Crippen molar-refractivity contribution in [3.8, 4) is 0 Å². The lowest BCUT2D eigenvalue weighted by Crippen LogP contribution is -2.42. The van der Waals surface area contributed by atoms with Crippen LogP contribution in [0.4, 0.5) is 0 Å². The number of sulfonamides is 1. The van der Waals surface area contributed by atoms with Crippen LogP contribution in [0.3, 0.4) is 0 Å². The van der Waals surface area contributed by atoms with Gasteiger partial charge in [-0.05, 0) is 37.1 Å². The molecule has 0 radical (unpaired) electrons. The van der Waals surface area contributed by atoms with Crippen LogP contribution in [-0.2, 0) is 15.4 Å². The average molecular weight is 401 g/mol. The topological polar surface area (TPSA) is 82.6 Å². The van der Waals surface area contributed by atoms with Crippen LogP contribution >= 0.6 is 11.3 Å². The number of nitrogens with zero attached hydrogens (tertiary/aromatic N) is 1. The van der Waals surface area contributed by atoms with Gasteiger partial charge in [-0.1, -0.05) is 26.3 Å². The average Bonchev–Trinajstić information content (AvgIpc) is 3.06. The Kier molecular flexibility index (Phi) is 7.91. The van der Waals surface area contributed by atoms with E-state index in [9.17, 15) is 8.42 Å². The first-order valence-corrected chi connectivity index (χ1v) is 11.9.